The highest BCUT2D eigenvalue weighted by Gasteiger charge is 2.14. The predicted octanol–water partition coefficient (Wildman–Crippen LogP) is 2.68. The van der Waals surface area contributed by atoms with Gasteiger partial charge in [-0.05, 0) is 31.9 Å². The number of aryl methyl sites for hydroxylation is 3. The number of morpholine rings is 1. The van der Waals surface area contributed by atoms with Crippen LogP contribution in [0.5, 0.6) is 0 Å². The first-order valence-electron chi connectivity index (χ1n) is 7.28. The Labute approximate surface area is 129 Å². The summed E-state index contributed by atoms with van der Waals surface area (Å²) in [6, 6.07) is 6.32. The van der Waals surface area contributed by atoms with E-state index >= 15 is 0 Å². The molecular formula is C16H21N3OS. The molecule has 112 valence electrons. The molecule has 0 spiro atoms. The molecule has 1 aromatic heterocycles. The van der Waals surface area contributed by atoms with Crippen LogP contribution in [0.3, 0.4) is 0 Å². The minimum Gasteiger partial charge on any atom is -0.378 e. The number of rotatable bonds is 2. The monoisotopic (exact) mass is 303 g/mol. The molecule has 1 aromatic carbocycles. The molecule has 5 heteroatoms. The van der Waals surface area contributed by atoms with Crippen LogP contribution in [0.25, 0.3) is 0 Å². The fraction of sp³-hybridized carbons (Fsp3) is 0.438. The van der Waals surface area contributed by atoms with Gasteiger partial charge in [0.2, 0.25) is 4.80 Å². The van der Waals surface area contributed by atoms with Crippen molar-refractivity contribution >= 4 is 17.0 Å². The lowest BCUT2D eigenvalue weighted by Crippen LogP contribution is -2.48. The predicted molar refractivity (Wildman–Crippen MR) is 87.0 cm³/mol. The maximum absolute atomic E-state index is 5.45. The highest BCUT2D eigenvalue weighted by atomic mass is 32.1. The van der Waals surface area contributed by atoms with Crippen molar-refractivity contribution in [1.82, 2.24) is 4.68 Å². The Morgan fingerprint density at radius 1 is 1.10 bits per heavy atom. The van der Waals surface area contributed by atoms with Gasteiger partial charge in [-0.3, -0.25) is 0 Å². The summed E-state index contributed by atoms with van der Waals surface area (Å²) in [7, 11) is 0. The normalized spacial score (nSPS) is 16.5. The van der Waals surface area contributed by atoms with Gasteiger partial charge < -0.3 is 9.75 Å². The van der Waals surface area contributed by atoms with Crippen molar-refractivity contribution in [3.8, 4) is 0 Å². The Morgan fingerprint density at radius 3 is 2.43 bits per heavy atom. The lowest BCUT2D eigenvalue weighted by Gasteiger charge is -2.30. The highest BCUT2D eigenvalue weighted by Crippen LogP contribution is 2.22. The third-order valence-electron chi connectivity index (χ3n) is 3.77. The van der Waals surface area contributed by atoms with Crippen LogP contribution < -0.4 is 9.81 Å². The standard InChI is InChI=1S/C16H21N3OS/c1-12-5-4-6-13(2)15(12)17-16-19(14(3)11-21-16)18-7-9-20-10-8-18/h4-6,11H,7-10H2,1-3H3. The van der Waals surface area contributed by atoms with E-state index in [1.165, 1.54) is 16.8 Å². The maximum atomic E-state index is 5.45. The topological polar surface area (TPSA) is 29.8 Å². The van der Waals surface area contributed by atoms with Gasteiger partial charge in [0.05, 0.1) is 32.0 Å². The molecule has 0 saturated carbocycles. The molecule has 0 unspecified atom stereocenters. The molecule has 1 aliphatic rings. The SMILES string of the molecule is Cc1cccc(C)c1N=c1scc(C)n1N1CCOCC1. The number of aromatic nitrogens is 1. The molecule has 2 heterocycles. The van der Waals surface area contributed by atoms with Gasteiger partial charge in [-0.1, -0.05) is 18.2 Å². The van der Waals surface area contributed by atoms with E-state index in [1.54, 1.807) is 11.3 Å². The molecule has 0 radical (unpaired) electrons. The van der Waals surface area contributed by atoms with Gasteiger partial charge in [-0.15, -0.1) is 11.3 Å². The van der Waals surface area contributed by atoms with Gasteiger partial charge in [0, 0.05) is 11.1 Å². The van der Waals surface area contributed by atoms with Crippen LogP contribution in [-0.4, -0.2) is 31.0 Å². The number of thiazole rings is 1. The van der Waals surface area contributed by atoms with Crippen molar-refractivity contribution in [2.45, 2.75) is 20.8 Å². The van der Waals surface area contributed by atoms with Gasteiger partial charge in [0.15, 0.2) is 0 Å². The summed E-state index contributed by atoms with van der Waals surface area (Å²) >= 11 is 1.70. The smallest absolute Gasteiger partial charge is 0.209 e. The summed E-state index contributed by atoms with van der Waals surface area (Å²) in [5.74, 6) is 0. The summed E-state index contributed by atoms with van der Waals surface area (Å²) in [5.41, 5.74) is 4.75. The second-order valence-electron chi connectivity index (χ2n) is 5.39. The first kappa shape index (κ1) is 14.4. The van der Waals surface area contributed by atoms with Gasteiger partial charge in [0.25, 0.3) is 0 Å². The zero-order valence-electron chi connectivity index (χ0n) is 12.8. The van der Waals surface area contributed by atoms with E-state index in [0.717, 1.165) is 36.8 Å². The molecule has 0 aliphatic carbocycles. The summed E-state index contributed by atoms with van der Waals surface area (Å²) in [5, 5.41) is 4.49. The second kappa shape index (κ2) is 6.03. The van der Waals surface area contributed by atoms with Gasteiger partial charge in [-0.2, -0.15) is 0 Å². The fourth-order valence-electron chi connectivity index (χ4n) is 2.64. The minimum absolute atomic E-state index is 0.783. The van der Waals surface area contributed by atoms with Crippen LogP contribution in [0, 0.1) is 20.8 Å². The molecule has 1 saturated heterocycles. The van der Waals surface area contributed by atoms with E-state index in [2.05, 4.69) is 54.0 Å². The lowest BCUT2D eigenvalue weighted by atomic mass is 10.1. The van der Waals surface area contributed by atoms with Crippen molar-refractivity contribution in [2.24, 2.45) is 4.99 Å². The zero-order chi connectivity index (χ0) is 14.8. The number of ether oxygens (including phenoxy) is 1. The van der Waals surface area contributed by atoms with E-state index in [0.29, 0.717) is 0 Å². The average Bonchev–Trinajstić information content (AvgIpc) is 2.85. The van der Waals surface area contributed by atoms with Crippen molar-refractivity contribution in [3.63, 3.8) is 0 Å². The Kier molecular flexibility index (Phi) is 4.12. The van der Waals surface area contributed by atoms with E-state index < -0.39 is 0 Å². The largest absolute Gasteiger partial charge is 0.378 e. The second-order valence-corrected chi connectivity index (χ2v) is 6.23. The van der Waals surface area contributed by atoms with Crippen molar-refractivity contribution in [3.05, 3.63) is 45.2 Å². The third-order valence-corrected chi connectivity index (χ3v) is 4.70. The molecular weight excluding hydrogens is 282 g/mol. The molecule has 4 nitrogen and oxygen atoms in total. The first-order chi connectivity index (χ1) is 10.2. The van der Waals surface area contributed by atoms with E-state index in [1.807, 2.05) is 0 Å². The highest BCUT2D eigenvalue weighted by molar-refractivity contribution is 7.07. The van der Waals surface area contributed by atoms with Crippen molar-refractivity contribution < 1.29 is 4.74 Å². The Hall–Kier alpha value is -1.59. The molecule has 0 amide bonds. The Balaban J connectivity index is 2.08. The molecule has 0 N–H and O–H groups in total. The minimum atomic E-state index is 0.783. The number of benzene rings is 1. The molecule has 3 rings (SSSR count). The van der Waals surface area contributed by atoms with Gasteiger partial charge in [0.1, 0.15) is 0 Å². The summed E-state index contributed by atoms with van der Waals surface area (Å²) in [6.07, 6.45) is 0. The Bertz CT molecular complexity index is 676. The van der Waals surface area contributed by atoms with Crippen molar-refractivity contribution in [2.75, 3.05) is 31.3 Å². The quantitative estimate of drug-likeness (QED) is 0.854. The summed E-state index contributed by atoms with van der Waals surface area (Å²) < 4.78 is 7.69. The Morgan fingerprint density at radius 2 is 1.76 bits per heavy atom. The van der Waals surface area contributed by atoms with Crippen LogP contribution in [0.15, 0.2) is 28.6 Å². The summed E-state index contributed by atoms with van der Waals surface area (Å²) in [6.45, 7) is 9.76. The van der Waals surface area contributed by atoms with Crippen LogP contribution in [0.2, 0.25) is 0 Å². The molecule has 1 fully saturated rings. The van der Waals surface area contributed by atoms with E-state index in [4.69, 9.17) is 9.73 Å². The number of hydrogen-bond acceptors (Lipinski definition) is 4. The van der Waals surface area contributed by atoms with E-state index in [9.17, 15) is 0 Å². The lowest BCUT2D eigenvalue weighted by molar-refractivity contribution is 0.110. The number of nitrogens with zero attached hydrogens (tertiary/aromatic N) is 3. The molecule has 1 aliphatic heterocycles. The molecule has 0 atom stereocenters. The zero-order valence-corrected chi connectivity index (χ0v) is 13.6. The van der Waals surface area contributed by atoms with Gasteiger partial charge in [-0.25, -0.2) is 9.67 Å². The van der Waals surface area contributed by atoms with Crippen LogP contribution >= 0.6 is 11.3 Å². The first-order valence-corrected chi connectivity index (χ1v) is 8.16. The molecule has 21 heavy (non-hydrogen) atoms. The molecule has 2 aromatic rings. The van der Waals surface area contributed by atoms with Crippen LogP contribution in [0.1, 0.15) is 16.8 Å². The maximum Gasteiger partial charge on any atom is 0.209 e. The van der Waals surface area contributed by atoms with Crippen molar-refractivity contribution in [1.29, 1.82) is 0 Å². The van der Waals surface area contributed by atoms with Gasteiger partial charge >= 0.3 is 0 Å². The number of para-hydroxylation sites is 1. The van der Waals surface area contributed by atoms with Crippen LogP contribution in [-0.2, 0) is 4.74 Å². The average molecular weight is 303 g/mol. The number of hydrogen-bond donors (Lipinski definition) is 0. The third kappa shape index (κ3) is 2.89. The molecule has 0 bridgehead atoms. The van der Waals surface area contributed by atoms with E-state index in [-0.39, 0.29) is 0 Å². The summed E-state index contributed by atoms with van der Waals surface area (Å²) in [4.78, 5) is 5.97. The van der Waals surface area contributed by atoms with Crippen LogP contribution in [0.4, 0.5) is 5.69 Å². The fourth-order valence-corrected chi connectivity index (χ4v) is 3.52.